The lowest BCUT2D eigenvalue weighted by molar-refractivity contribution is 0.102. The number of nitrogens with zero attached hydrogens (tertiary/aromatic N) is 1. The molecule has 0 saturated heterocycles. The number of carbonyl (C=O) groups is 1. The van der Waals surface area contributed by atoms with E-state index in [1.165, 1.54) is 24.2 Å². The van der Waals surface area contributed by atoms with Gasteiger partial charge >= 0.3 is 0 Å². The Bertz CT molecular complexity index is 587. The molecule has 92 valence electrons. The van der Waals surface area contributed by atoms with Gasteiger partial charge in [0, 0.05) is 16.9 Å². The summed E-state index contributed by atoms with van der Waals surface area (Å²) in [6.45, 7) is 1.94. The second kappa shape index (κ2) is 4.53. The van der Waals surface area contributed by atoms with Gasteiger partial charge in [-0.1, -0.05) is 18.2 Å². The Hall–Kier alpha value is -1.68. The molecule has 1 aromatic carbocycles. The smallest absolute Gasteiger partial charge is 0.257 e. The molecule has 0 spiro atoms. The van der Waals surface area contributed by atoms with E-state index in [0.717, 1.165) is 11.3 Å². The van der Waals surface area contributed by atoms with E-state index in [1.54, 1.807) is 0 Å². The van der Waals surface area contributed by atoms with Crippen LogP contribution in [0, 0.1) is 6.92 Å². The summed E-state index contributed by atoms with van der Waals surface area (Å²) < 4.78 is 0. The van der Waals surface area contributed by atoms with Gasteiger partial charge in [0.25, 0.3) is 5.91 Å². The first-order valence-corrected chi connectivity index (χ1v) is 6.94. The van der Waals surface area contributed by atoms with Gasteiger partial charge in [0.15, 0.2) is 5.13 Å². The van der Waals surface area contributed by atoms with Gasteiger partial charge in [-0.3, -0.25) is 10.1 Å². The van der Waals surface area contributed by atoms with E-state index in [0.29, 0.717) is 16.6 Å². The summed E-state index contributed by atoms with van der Waals surface area (Å²) in [6, 6.07) is 7.58. The van der Waals surface area contributed by atoms with Crippen LogP contribution in [0.5, 0.6) is 0 Å². The molecule has 0 aliphatic heterocycles. The predicted octanol–water partition coefficient (Wildman–Crippen LogP) is 3.58. The molecule has 0 bridgehead atoms. The number of rotatable bonds is 3. The first-order chi connectivity index (χ1) is 8.74. The largest absolute Gasteiger partial charge is 0.298 e. The molecule has 1 saturated carbocycles. The second-order valence-electron chi connectivity index (χ2n) is 4.62. The highest BCUT2D eigenvalue weighted by Gasteiger charge is 2.26. The van der Waals surface area contributed by atoms with Crippen molar-refractivity contribution in [3.05, 3.63) is 46.5 Å². The van der Waals surface area contributed by atoms with Crippen molar-refractivity contribution in [2.45, 2.75) is 25.7 Å². The fourth-order valence-corrected chi connectivity index (χ4v) is 2.69. The first-order valence-electron chi connectivity index (χ1n) is 6.06. The zero-order chi connectivity index (χ0) is 12.5. The van der Waals surface area contributed by atoms with Crippen molar-refractivity contribution in [2.24, 2.45) is 0 Å². The minimum atomic E-state index is -0.0789. The van der Waals surface area contributed by atoms with E-state index >= 15 is 0 Å². The SMILES string of the molecule is Cc1ccccc1C(=O)Nc1nc(C2CC2)cs1. The topological polar surface area (TPSA) is 42.0 Å². The molecule has 1 aliphatic carbocycles. The van der Waals surface area contributed by atoms with Crippen molar-refractivity contribution in [3.63, 3.8) is 0 Å². The number of hydrogen-bond donors (Lipinski definition) is 1. The van der Waals surface area contributed by atoms with E-state index in [1.807, 2.05) is 36.6 Å². The van der Waals surface area contributed by atoms with Gasteiger partial charge in [0.1, 0.15) is 0 Å². The second-order valence-corrected chi connectivity index (χ2v) is 5.48. The molecule has 1 aromatic heterocycles. The van der Waals surface area contributed by atoms with Crippen LogP contribution in [0.15, 0.2) is 29.6 Å². The lowest BCUT2D eigenvalue weighted by Gasteiger charge is -2.04. The van der Waals surface area contributed by atoms with E-state index in [4.69, 9.17) is 0 Å². The molecule has 3 nitrogen and oxygen atoms in total. The number of nitrogens with one attached hydrogen (secondary N) is 1. The Balaban J connectivity index is 1.75. The van der Waals surface area contributed by atoms with E-state index in [9.17, 15) is 4.79 Å². The van der Waals surface area contributed by atoms with E-state index in [-0.39, 0.29) is 5.91 Å². The molecule has 0 unspecified atom stereocenters. The Morgan fingerprint density at radius 3 is 2.89 bits per heavy atom. The number of amides is 1. The maximum absolute atomic E-state index is 12.1. The lowest BCUT2D eigenvalue weighted by Crippen LogP contribution is -2.13. The predicted molar refractivity (Wildman–Crippen MR) is 73.2 cm³/mol. The highest BCUT2D eigenvalue weighted by atomic mass is 32.1. The van der Waals surface area contributed by atoms with Crippen LogP contribution in [0.25, 0.3) is 0 Å². The Kier molecular flexibility index (Phi) is 2.88. The minimum Gasteiger partial charge on any atom is -0.298 e. The summed E-state index contributed by atoms with van der Waals surface area (Å²) in [4.78, 5) is 16.5. The molecular formula is C14H14N2OS. The van der Waals surface area contributed by atoms with E-state index < -0.39 is 0 Å². The third-order valence-electron chi connectivity index (χ3n) is 3.13. The van der Waals surface area contributed by atoms with Crippen LogP contribution in [0.2, 0.25) is 0 Å². The van der Waals surface area contributed by atoms with Gasteiger partial charge in [-0.15, -0.1) is 11.3 Å². The van der Waals surface area contributed by atoms with Crippen LogP contribution >= 0.6 is 11.3 Å². The summed E-state index contributed by atoms with van der Waals surface area (Å²) in [5.74, 6) is 0.551. The van der Waals surface area contributed by atoms with Crippen LogP contribution in [-0.2, 0) is 0 Å². The van der Waals surface area contributed by atoms with Gasteiger partial charge in [-0.05, 0) is 31.4 Å². The van der Waals surface area contributed by atoms with Crippen LogP contribution in [0.3, 0.4) is 0 Å². The number of anilines is 1. The molecule has 1 fully saturated rings. The number of aromatic nitrogens is 1. The van der Waals surface area contributed by atoms with Crippen molar-refractivity contribution >= 4 is 22.4 Å². The summed E-state index contributed by atoms with van der Waals surface area (Å²) in [6.07, 6.45) is 2.46. The summed E-state index contributed by atoms with van der Waals surface area (Å²) in [5, 5.41) is 5.62. The fraction of sp³-hybridized carbons (Fsp3) is 0.286. The quantitative estimate of drug-likeness (QED) is 0.914. The third-order valence-corrected chi connectivity index (χ3v) is 3.90. The molecule has 1 amide bonds. The maximum atomic E-state index is 12.1. The lowest BCUT2D eigenvalue weighted by atomic mass is 10.1. The van der Waals surface area contributed by atoms with E-state index in [2.05, 4.69) is 10.3 Å². The van der Waals surface area contributed by atoms with Gasteiger partial charge in [-0.25, -0.2) is 4.98 Å². The van der Waals surface area contributed by atoms with Crippen LogP contribution in [0.1, 0.15) is 40.4 Å². The summed E-state index contributed by atoms with van der Waals surface area (Å²) >= 11 is 1.50. The molecule has 3 rings (SSSR count). The average molecular weight is 258 g/mol. The number of thiazole rings is 1. The molecule has 0 atom stereocenters. The van der Waals surface area contributed by atoms with Crippen molar-refractivity contribution in [1.82, 2.24) is 4.98 Å². The Morgan fingerprint density at radius 1 is 1.39 bits per heavy atom. The Morgan fingerprint density at radius 2 is 2.17 bits per heavy atom. The van der Waals surface area contributed by atoms with Gasteiger partial charge in [-0.2, -0.15) is 0 Å². The minimum absolute atomic E-state index is 0.0789. The zero-order valence-corrected chi connectivity index (χ0v) is 11.0. The Labute approximate surface area is 110 Å². The molecule has 2 aromatic rings. The van der Waals surface area contributed by atoms with Crippen molar-refractivity contribution in [1.29, 1.82) is 0 Å². The van der Waals surface area contributed by atoms with Crippen LogP contribution in [0.4, 0.5) is 5.13 Å². The molecule has 1 heterocycles. The zero-order valence-electron chi connectivity index (χ0n) is 10.1. The maximum Gasteiger partial charge on any atom is 0.257 e. The standard InChI is InChI=1S/C14H14N2OS/c1-9-4-2-3-5-11(9)13(17)16-14-15-12(8-18-14)10-6-7-10/h2-5,8,10H,6-7H2,1H3,(H,15,16,17). The highest BCUT2D eigenvalue weighted by Crippen LogP contribution is 2.40. The van der Waals surface area contributed by atoms with Crippen molar-refractivity contribution in [3.8, 4) is 0 Å². The number of hydrogen-bond acceptors (Lipinski definition) is 3. The van der Waals surface area contributed by atoms with Gasteiger partial charge in [0.2, 0.25) is 0 Å². The molecule has 0 radical (unpaired) electrons. The number of benzene rings is 1. The highest BCUT2D eigenvalue weighted by molar-refractivity contribution is 7.14. The van der Waals surface area contributed by atoms with Crippen LogP contribution in [-0.4, -0.2) is 10.9 Å². The summed E-state index contributed by atoms with van der Waals surface area (Å²) in [7, 11) is 0. The fourth-order valence-electron chi connectivity index (χ4n) is 1.90. The van der Waals surface area contributed by atoms with Crippen LogP contribution < -0.4 is 5.32 Å². The van der Waals surface area contributed by atoms with Gasteiger partial charge < -0.3 is 0 Å². The normalized spacial score (nSPS) is 14.5. The summed E-state index contributed by atoms with van der Waals surface area (Å²) in [5.41, 5.74) is 2.81. The van der Waals surface area contributed by atoms with Crippen molar-refractivity contribution in [2.75, 3.05) is 5.32 Å². The molecular weight excluding hydrogens is 244 g/mol. The molecule has 1 aliphatic rings. The third kappa shape index (κ3) is 2.29. The molecule has 4 heteroatoms. The van der Waals surface area contributed by atoms with Crippen molar-refractivity contribution < 1.29 is 4.79 Å². The number of carbonyl (C=O) groups excluding carboxylic acids is 1. The molecule has 18 heavy (non-hydrogen) atoms. The van der Waals surface area contributed by atoms with Gasteiger partial charge in [0.05, 0.1) is 5.69 Å². The molecule has 1 N–H and O–H groups in total. The monoisotopic (exact) mass is 258 g/mol. The average Bonchev–Trinajstić information content (AvgIpc) is 3.11. The first kappa shape index (κ1) is 11.4. The number of aryl methyl sites for hydroxylation is 1.